The fraction of sp³-hybridized carbons (Fsp3) is 0.500. The number of anilines is 2. The average Bonchev–Trinajstić information content (AvgIpc) is 2.67. The van der Waals surface area contributed by atoms with Gasteiger partial charge in [-0.3, -0.25) is 0 Å². The molecule has 1 heterocycles. The zero-order valence-electron chi connectivity index (χ0n) is 17.2. The van der Waals surface area contributed by atoms with Gasteiger partial charge in [-0.05, 0) is 54.6 Å². The number of rotatable bonds is 10. The molecule has 3 nitrogen and oxygen atoms in total. The standard InChI is InChI=1S/C22H29F4N3/c1-4-6-8-15(3)17-12-20(28-14-16(17)13-27-11-5-2)29-19-10-7-9-18(21(19)23)22(24,25)26/h7,9-10,12,14-15,27H,4-6,8,11,13H2,1-3H3,(H,28,29). The van der Waals surface area contributed by atoms with Gasteiger partial charge < -0.3 is 10.6 Å². The molecule has 2 N–H and O–H groups in total. The second-order valence-corrected chi connectivity index (χ2v) is 7.28. The van der Waals surface area contributed by atoms with E-state index in [1.54, 1.807) is 6.20 Å². The van der Waals surface area contributed by atoms with Crippen molar-refractivity contribution in [2.45, 2.75) is 65.1 Å². The van der Waals surface area contributed by atoms with E-state index in [0.29, 0.717) is 12.4 Å². The first-order valence-corrected chi connectivity index (χ1v) is 10.1. The van der Waals surface area contributed by atoms with Crippen molar-refractivity contribution in [2.75, 3.05) is 11.9 Å². The third kappa shape index (κ3) is 6.42. The Hall–Kier alpha value is -2.15. The van der Waals surface area contributed by atoms with E-state index >= 15 is 0 Å². The molecule has 1 aromatic heterocycles. The van der Waals surface area contributed by atoms with Crippen molar-refractivity contribution in [1.29, 1.82) is 0 Å². The zero-order valence-corrected chi connectivity index (χ0v) is 17.2. The molecule has 0 saturated carbocycles. The molecule has 0 aliphatic carbocycles. The van der Waals surface area contributed by atoms with Crippen LogP contribution in [0.2, 0.25) is 0 Å². The smallest absolute Gasteiger partial charge is 0.338 e. The van der Waals surface area contributed by atoms with Gasteiger partial charge in [0.15, 0.2) is 5.82 Å². The molecule has 2 rings (SSSR count). The van der Waals surface area contributed by atoms with Crippen LogP contribution in [0.5, 0.6) is 0 Å². The van der Waals surface area contributed by atoms with Crippen LogP contribution in [0.1, 0.15) is 69.1 Å². The molecule has 0 aliphatic heterocycles. The largest absolute Gasteiger partial charge is 0.419 e. The Morgan fingerprint density at radius 2 is 1.90 bits per heavy atom. The fourth-order valence-electron chi connectivity index (χ4n) is 3.23. The topological polar surface area (TPSA) is 37.0 Å². The molecule has 0 bridgehead atoms. The monoisotopic (exact) mass is 411 g/mol. The summed E-state index contributed by atoms with van der Waals surface area (Å²) in [5.74, 6) is -0.722. The number of hydrogen-bond donors (Lipinski definition) is 2. The van der Waals surface area contributed by atoms with Crippen LogP contribution >= 0.6 is 0 Å². The number of nitrogens with zero attached hydrogens (tertiary/aromatic N) is 1. The van der Waals surface area contributed by atoms with Crippen LogP contribution in [0.4, 0.5) is 29.1 Å². The molecule has 0 saturated heterocycles. The van der Waals surface area contributed by atoms with Crippen molar-refractivity contribution in [1.82, 2.24) is 10.3 Å². The Morgan fingerprint density at radius 1 is 1.14 bits per heavy atom. The third-order valence-corrected chi connectivity index (χ3v) is 4.85. The SMILES string of the molecule is CCCCC(C)c1cc(Nc2cccc(C(F)(F)F)c2F)ncc1CNCCC. The van der Waals surface area contributed by atoms with E-state index in [1.165, 1.54) is 12.1 Å². The lowest BCUT2D eigenvalue weighted by molar-refractivity contribution is -0.139. The average molecular weight is 411 g/mol. The summed E-state index contributed by atoms with van der Waals surface area (Å²) in [6.45, 7) is 7.91. The molecule has 0 spiro atoms. The number of alkyl halides is 3. The van der Waals surface area contributed by atoms with Crippen LogP contribution in [0.3, 0.4) is 0 Å². The van der Waals surface area contributed by atoms with Crippen LogP contribution < -0.4 is 10.6 Å². The number of nitrogens with one attached hydrogen (secondary N) is 2. The van der Waals surface area contributed by atoms with Crippen molar-refractivity contribution in [3.63, 3.8) is 0 Å². The van der Waals surface area contributed by atoms with Gasteiger partial charge in [0.05, 0.1) is 11.3 Å². The minimum Gasteiger partial charge on any atom is -0.338 e. The van der Waals surface area contributed by atoms with Crippen LogP contribution in [0, 0.1) is 5.82 Å². The van der Waals surface area contributed by atoms with Crippen molar-refractivity contribution in [3.8, 4) is 0 Å². The molecule has 7 heteroatoms. The normalized spacial score (nSPS) is 12.8. The van der Waals surface area contributed by atoms with E-state index < -0.39 is 17.6 Å². The van der Waals surface area contributed by atoms with Crippen molar-refractivity contribution in [2.24, 2.45) is 0 Å². The number of halogens is 4. The second-order valence-electron chi connectivity index (χ2n) is 7.28. The van der Waals surface area contributed by atoms with Crippen LogP contribution in [0.25, 0.3) is 0 Å². The first kappa shape index (κ1) is 23.1. The number of aromatic nitrogens is 1. The van der Waals surface area contributed by atoms with Gasteiger partial charge in [-0.2, -0.15) is 13.2 Å². The molecule has 2 aromatic rings. The van der Waals surface area contributed by atoms with Gasteiger partial charge >= 0.3 is 6.18 Å². The lowest BCUT2D eigenvalue weighted by Crippen LogP contribution is -2.16. The highest BCUT2D eigenvalue weighted by atomic mass is 19.4. The van der Waals surface area contributed by atoms with E-state index in [9.17, 15) is 17.6 Å². The maximum Gasteiger partial charge on any atom is 0.419 e. The lowest BCUT2D eigenvalue weighted by atomic mass is 9.92. The van der Waals surface area contributed by atoms with Gasteiger partial charge in [0.25, 0.3) is 0 Å². The quantitative estimate of drug-likeness (QED) is 0.334. The molecule has 1 aromatic carbocycles. The highest BCUT2D eigenvalue weighted by Gasteiger charge is 2.34. The molecule has 1 unspecified atom stereocenters. The first-order chi connectivity index (χ1) is 13.8. The molecule has 0 fully saturated rings. The lowest BCUT2D eigenvalue weighted by Gasteiger charge is -2.19. The van der Waals surface area contributed by atoms with E-state index in [4.69, 9.17) is 0 Å². The molecular formula is C22H29F4N3. The summed E-state index contributed by atoms with van der Waals surface area (Å²) >= 11 is 0. The van der Waals surface area contributed by atoms with Gasteiger partial charge in [-0.25, -0.2) is 9.37 Å². The molecule has 160 valence electrons. The van der Waals surface area contributed by atoms with Gasteiger partial charge in [-0.1, -0.05) is 39.7 Å². The van der Waals surface area contributed by atoms with E-state index in [0.717, 1.165) is 49.4 Å². The molecular weight excluding hydrogens is 382 g/mol. The van der Waals surface area contributed by atoms with Crippen LogP contribution in [-0.4, -0.2) is 11.5 Å². The second kappa shape index (κ2) is 10.6. The molecule has 0 radical (unpaired) electrons. The Balaban J connectivity index is 2.32. The summed E-state index contributed by atoms with van der Waals surface area (Å²) in [6.07, 6.45) is 1.15. The van der Waals surface area contributed by atoms with Crippen molar-refractivity contribution >= 4 is 11.5 Å². The van der Waals surface area contributed by atoms with E-state index in [2.05, 4.69) is 36.4 Å². The number of unbranched alkanes of at least 4 members (excludes halogenated alkanes) is 1. The highest BCUT2D eigenvalue weighted by Crippen LogP contribution is 2.35. The van der Waals surface area contributed by atoms with Crippen molar-refractivity contribution in [3.05, 3.63) is 53.0 Å². The molecule has 1 atom stereocenters. The van der Waals surface area contributed by atoms with Gasteiger partial charge in [-0.15, -0.1) is 0 Å². The van der Waals surface area contributed by atoms with E-state index in [1.807, 2.05) is 6.07 Å². The van der Waals surface area contributed by atoms with Gasteiger partial charge in [0.2, 0.25) is 0 Å². The summed E-state index contributed by atoms with van der Waals surface area (Å²) in [5, 5.41) is 6.08. The predicted octanol–water partition coefficient (Wildman–Crippen LogP) is 6.78. The predicted molar refractivity (Wildman–Crippen MR) is 109 cm³/mol. The summed E-state index contributed by atoms with van der Waals surface area (Å²) in [5.41, 5.74) is 0.597. The van der Waals surface area contributed by atoms with Crippen molar-refractivity contribution < 1.29 is 17.6 Å². The number of pyridine rings is 1. The summed E-state index contributed by atoms with van der Waals surface area (Å²) in [7, 11) is 0. The van der Waals surface area contributed by atoms with Gasteiger partial charge in [0, 0.05) is 12.7 Å². The Morgan fingerprint density at radius 3 is 2.55 bits per heavy atom. The zero-order chi connectivity index (χ0) is 21.4. The maximum absolute atomic E-state index is 14.3. The third-order valence-electron chi connectivity index (χ3n) is 4.85. The van der Waals surface area contributed by atoms with Gasteiger partial charge in [0.1, 0.15) is 5.82 Å². The molecule has 29 heavy (non-hydrogen) atoms. The van der Waals surface area contributed by atoms with Crippen LogP contribution in [-0.2, 0) is 12.7 Å². The van der Waals surface area contributed by atoms with Crippen LogP contribution in [0.15, 0.2) is 30.5 Å². The highest BCUT2D eigenvalue weighted by molar-refractivity contribution is 5.59. The molecule has 0 amide bonds. The first-order valence-electron chi connectivity index (χ1n) is 10.1. The van der Waals surface area contributed by atoms with E-state index in [-0.39, 0.29) is 11.6 Å². The Bertz CT molecular complexity index is 790. The Kier molecular flexibility index (Phi) is 8.44. The minimum atomic E-state index is -4.75. The minimum absolute atomic E-state index is 0.239. The Labute approximate surface area is 169 Å². The summed E-state index contributed by atoms with van der Waals surface area (Å²) in [6, 6.07) is 5.02. The summed E-state index contributed by atoms with van der Waals surface area (Å²) < 4.78 is 53.2. The maximum atomic E-state index is 14.3. The number of hydrogen-bond acceptors (Lipinski definition) is 3. The molecule has 0 aliphatic rings. The number of benzene rings is 1. The summed E-state index contributed by atoms with van der Waals surface area (Å²) in [4.78, 5) is 4.31. The fourth-order valence-corrected chi connectivity index (χ4v) is 3.23.